The molecule has 0 bridgehead atoms. The Labute approximate surface area is 229 Å². The second-order valence-electron chi connectivity index (χ2n) is 11.5. The van der Waals surface area contributed by atoms with Gasteiger partial charge in [-0.15, -0.1) is 0 Å². The summed E-state index contributed by atoms with van der Waals surface area (Å²) in [5.41, 5.74) is -1.01. The number of unbranched alkanes of at least 4 members (excludes halogenated alkanes) is 3. The Morgan fingerprint density at radius 2 is 1.54 bits per heavy atom. The maximum atomic E-state index is 15.9. The van der Waals surface area contributed by atoms with Gasteiger partial charge in [-0.3, -0.25) is 0 Å². The lowest BCUT2D eigenvalue weighted by molar-refractivity contribution is 0.0395. The smallest absolute Gasteiger partial charge is 0.305 e. The minimum atomic E-state index is -3.75. The van der Waals surface area contributed by atoms with Crippen LogP contribution in [0.5, 0.6) is 5.75 Å². The zero-order valence-electron chi connectivity index (χ0n) is 23.1. The van der Waals surface area contributed by atoms with E-state index in [1.165, 1.54) is 25.0 Å². The summed E-state index contributed by atoms with van der Waals surface area (Å²) < 4.78 is 73.8. The second kappa shape index (κ2) is 11.9. The first kappa shape index (κ1) is 28.0. The van der Waals surface area contributed by atoms with E-state index in [1.807, 2.05) is 6.92 Å². The van der Waals surface area contributed by atoms with E-state index in [0.717, 1.165) is 63.7 Å². The Morgan fingerprint density at radius 1 is 0.846 bits per heavy atom. The largest absolute Gasteiger partial charge is 0.498 e. The number of benzene rings is 2. The molecule has 2 aromatic carbocycles. The maximum absolute atomic E-state index is 15.9. The molecule has 3 aliphatic rings. The van der Waals surface area contributed by atoms with Gasteiger partial charge >= 0.3 is 5.92 Å². The Bertz CT molecular complexity index is 1200. The first-order chi connectivity index (χ1) is 18.9. The molecule has 0 radical (unpaired) electrons. The van der Waals surface area contributed by atoms with Crippen LogP contribution in [0.4, 0.5) is 17.6 Å². The fourth-order valence-electron chi connectivity index (χ4n) is 6.67. The molecule has 0 amide bonds. The Hall–Kier alpha value is -2.50. The van der Waals surface area contributed by atoms with Crippen LogP contribution in [0.1, 0.15) is 107 Å². The van der Waals surface area contributed by atoms with Crippen LogP contribution in [-0.2, 0) is 10.7 Å². The molecule has 5 rings (SSSR count). The number of fused-ring (bicyclic) bond motifs is 3. The highest BCUT2D eigenvalue weighted by Crippen LogP contribution is 2.55. The van der Waals surface area contributed by atoms with Gasteiger partial charge < -0.3 is 9.47 Å². The van der Waals surface area contributed by atoms with Gasteiger partial charge in [0.1, 0.15) is 5.82 Å². The summed E-state index contributed by atoms with van der Waals surface area (Å²) in [5.74, 6) is -3.98. The van der Waals surface area contributed by atoms with Crippen molar-refractivity contribution in [2.45, 2.75) is 96.3 Å². The zero-order chi connectivity index (χ0) is 27.6. The third-order valence-electron chi connectivity index (χ3n) is 8.99. The molecule has 0 spiro atoms. The van der Waals surface area contributed by atoms with E-state index in [2.05, 4.69) is 13.0 Å². The normalized spacial score (nSPS) is 23.5. The molecular formula is C33H40F4O2. The van der Waals surface area contributed by atoms with Crippen LogP contribution in [0.25, 0.3) is 11.1 Å². The van der Waals surface area contributed by atoms with Crippen molar-refractivity contribution in [3.8, 4) is 16.9 Å². The summed E-state index contributed by atoms with van der Waals surface area (Å²) in [6.07, 6.45) is 12.8. The molecule has 2 aromatic rings. The number of ether oxygens (including phenoxy) is 2. The Balaban J connectivity index is 1.28. The fraction of sp³-hybridized carbons (Fsp3) is 0.576. The van der Waals surface area contributed by atoms with E-state index < -0.39 is 28.7 Å². The number of halogens is 4. The first-order valence-corrected chi connectivity index (χ1v) is 14.8. The van der Waals surface area contributed by atoms with E-state index in [-0.39, 0.29) is 29.4 Å². The van der Waals surface area contributed by atoms with Gasteiger partial charge in [-0.1, -0.05) is 45.2 Å². The molecular weight excluding hydrogens is 504 g/mol. The van der Waals surface area contributed by atoms with E-state index in [0.29, 0.717) is 23.8 Å². The first-order valence-electron chi connectivity index (χ1n) is 14.8. The summed E-state index contributed by atoms with van der Waals surface area (Å²) in [4.78, 5) is 0. The molecule has 1 heterocycles. The topological polar surface area (TPSA) is 18.5 Å². The van der Waals surface area contributed by atoms with Gasteiger partial charge in [0.05, 0.1) is 30.1 Å². The summed E-state index contributed by atoms with van der Waals surface area (Å²) >= 11 is 0. The molecule has 0 saturated heterocycles. The Morgan fingerprint density at radius 3 is 2.21 bits per heavy atom. The molecule has 2 nitrogen and oxygen atoms in total. The molecule has 0 aromatic heterocycles. The van der Waals surface area contributed by atoms with Crippen molar-refractivity contribution >= 4 is 0 Å². The van der Waals surface area contributed by atoms with E-state index in [1.54, 1.807) is 12.1 Å². The molecule has 1 unspecified atom stereocenters. The molecule has 1 atom stereocenters. The van der Waals surface area contributed by atoms with Crippen molar-refractivity contribution in [1.82, 2.24) is 0 Å². The van der Waals surface area contributed by atoms with Crippen molar-refractivity contribution in [2.24, 2.45) is 11.8 Å². The van der Waals surface area contributed by atoms with Gasteiger partial charge in [-0.05, 0) is 97.6 Å². The molecule has 1 aliphatic heterocycles. The molecule has 39 heavy (non-hydrogen) atoms. The van der Waals surface area contributed by atoms with Crippen LogP contribution in [0.2, 0.25) is 0 Å². The van der Waals surface area contributed by atoms with Crippen LogP contribution < -0.4 is 4.74 Å². The number of hydrogen-bond donors (Lipinski definition) is 0. The van der Waals surface area contributed by atoms with Crippen molar-refractivity contribution in [1.29, 1.82) is 0 Å². The van der Waals surface area contributed by atoms with Crippen molar-refractivity contribution in [3.63, 3.8) is 0 Å². The Kier molecular flexibility index (Phi) is 8.58. The molecule has 2 aliphatic carbocycles. The average Bonchev–Trinajstić information content (AvgIpc) is 3.18. The van der Waals surface area contributed by atoms with Crippen molar-refractivity contribution in [2.75, 3.05) is 13.2 Å². The highest BCUT2D eigenvalue weighted by atomic mass is 19.3. The predicted molar refractivity (Wildman–Crippen MR) is 146 cm³/mol. The van der Waals surface area contributed by atoms with Crippen LogP contribution >= 0.6 is 0 Å². The zero-order valence-corrected chi connectivity index (χ0v) is 23.1. The van der Waals surface area contributed by atoms with Crippen LogP contribution in [0.3, 0.4) is 0 Å². The SMILES string of the molecule is CCCCCC1=CCC(C2CCC(c3ccc4c(c3F)C(F)(F)c3c-4ccc(OCCCC)c3F)CC2)CO1. The van der Waals surface area contributed by atoms with Gasteiger partial charge in [-0.2, -0.15) is 8.78 Å². The van der Waals surface area contributed by atoms with Gasteiger partial charge in [-0.25, -0.2) is 8.78 Å². The highest BCUT2D eigenvalue weighted by Gasteiger charge is 2.50. The lowest BCUT2D eigenvalue weighted by atomic mass is 9.72. The number of alkyl halides is 2. The molecule has 1 saturated carbocycles. The molecule has 1 fully saturated rings. The number of hydrogen-bond acceptors (Lipinski definition) is 2. The quantitative estimate of drug-likeness (QED) is 0.219. The monoisotopic (exact) mass is 544 g/mol. The minimum absolute atomic E-state index is 0.0453. The van der Waals surface area contributed by atoms with Gasteiger partial charge in [0.2, 0.25) is 0 Å². The summed E-state index contributed by atoms with van der Waals surface area (Å²) in [6, 6.07) is 6.00. The van der Waals surface area contributed by atoms with Crippen molar-refractivity contribution in [3.05, 3.63) is 64.4 Å². The summed E-state index contributed by atoms with van der Waals surface area (Å²) in [5, 5.41) is 0. The standard InChI is InChI=1S/C33H40F4O2/c1-3-5-7-8-24-14-13-23(20-39-24)21-9-11-22(12-10-21)25-15-16-26-27-17-18-28(38-19-6-4-2)32(35)30(27)33(36,37)29(26)31(25)34/h14-18,21-23H,3-13,19-20H2,1-2H3. The number of rotatable bonds is 10. The van der Waals surface area contributed by atoms with E-state index >= 15 is 17.6 Å². The van der Waals surface area contributed by atoms with Crippen molar-refractivity contribution < 1.29 is 27.0 Å². The third-order valence-corrected chi connectivity index (χ3v) is 8.99. The predicted octanol–water partition coefficient (Wildman–Crippen LogP) is 10.0. The van der Waals surface area contributed by atoms with Crippen LogP contribution in [0, 0.1) is 23.5 Å². The van der Waals surface area contributed by atoms with Gasteiger partial charge in [0.15, 0.2) is 11.6 Å². The van der Waals surface area contributed by atoms with Crippen LogP contribution in [-0.4, -0.2) is 13.2 Å². The minimum Gasteiger partial charge on any atom is -0.498 e. The average molecular weight is 545 g/mol. The highest BCUT2D eigenvalue weighted by molar-refractivity contribution is 5.81. The summed E-state index contributed by atoms with van der Waals surface area (Å²) in [6.45, 7) is 5.14. The maximum Gasteiger partial charge on any atom is 0.305 e. The molecule has 6 heteroatoms. The number of allylic oxidation sites excluding steroid dienone is 2. The summed E-state index contributed by atoms with van der Waals surface area (Å²) in [7, 11) is 0. The van der Waals surface area contributed by atoms with E-state index in [9.17, 15) is 0 Å². The van der Waals surface area contributed by atoms with Crippen LogP contribution in [0.15, 0.2) is 36.1 Å². The fourth-order valence-corrected chi connectivity index (χ4v) is 6.67. The van der Waals surface area contributed by atoms with Gasteiger partial charge in [0.25, 0.3) is 0 Å². The second-order valence-corrected chi connectivity index (χ2v) is 11.5. The van der Waals surface area contributed by atoms with Gasteiger partial charge in [0, 0.05) is 6.42 Å². The molecule has 212 valence electrons. The lowest BCUT2D eigenvalue weighted by Crippen LogP contribution is -2.27. The molecule has 0 N–H and O–H groups in total. The lowest BCUT2D eigenvalue weighted by Gasteiger charge is -2.36. The van der Waals surface area contributed by atoms with E-state index in [4.69, 9.17) is 9.47 Å². The third kappa shape index (κ3) is 5.45.